The Morgan fingerprint density at radius 3 is 2.70 bits per heavy atom. The molecule has 2 aromatic rings. The Labute approximate surface area is 141 Å². The predicted octanol–water partition coefficient (Wildman–Crippen LogP) is 2.37. The molecule has 0 radical (unpaired) electrons. The molecule has 0 saturated carbocycles. The van der Waals surface area contributed by atoms with E-state index in [1.807, 2.05) is 4.90 Å². The topological polar surface area (TPSA) is 88.5 Å². The third-order valence-electron chi connectivity index (χ3n) is 3.78. The predicted molar refractivity (Wildman–Crippen MR) is 87.3 cm³/mol. The van der Waals surface area contributed by atoms with Gasteiger partial charge < -0.3 is 9.42 Å². The highest BCUT2D eigenvalue weighted by Crippen LogP contribution is 2.31. The van der Waals surface area contributed by atoms with Crippen LogP contribution in [0.5, 0.6) is 0 Å². The van der Waals surface area contributed by atoms with Gasteiger partial charge in [-0.05, 0) is 12.1 Å². The molecule has 0 atom stereocenters. The van der Waals surface area contributed by atoms with E-state index in [2.05, 4.69) is 31.0 Å². The van der Waals surface area contributed by atoms with E-state index >= 15 is 0 Å². The largest absolute Gasteiger partial charge is 0.363 e. The number of nitro groups is 1. The lowest BCUT2D eigenvalue weighted by molar-refractivity contribution is -0.384. The van der Waals surface area contributed by atoms with Crippen LogP contribution in [0.1, 0.15) is 11.7 Å². The summed E-state index contributed by atoms with van der Waals surface area (Å²) in [6, 6.07) is 5.03. The number of piperazine rings is 1. The van der Waals surface area contributed by atoms with Gasteiger partial charge in [-0.3, -0.25) is 15.0 Å². The summed E-state index contributed by atoms with van der Waals surface area (Å²) < 4.78 is 5.81. The minimum absolute atomic E-state index is 0.135. The van der Waals surface area contributed by atoms with Gasteiger partial charge in [0.05, 0.1) is 11.5 Å². The Kier molecular flexibility index (Phi) is 4.58. The number of aryl methyl sites for hydroxylation is 1. The number of hydrogen-bond donors (Lipinski definition) is 0. The van der Waals surface area contributed by atoms with Crippen LogP contribution in [0.4, 0.5) is 11.4 Å². The molecule has 1 aromatic heterocycles. The molecular formula is C14H16BrN5O3. The first-order valence-electron chi connectivity index (χ1n) is 7.23. The van der Waals surface area contributed by atoms with E-state index in [0.29, 0.717) is 37.0 Å². The molecule has 122 valence electrons. The van der Waals surface area contributed by atoms with Crippen LogP contribution in [0.15, 0.2) is 27.2 Å². The molecule has 0 spiro atoms. The fourth-order valence-electron chi connectivity index (χ4n) is 2.66. The Morgan fingerprint density at radius 1 is 1.35 bits per heavy atom. The smallest absolute Gasteiger partial charge is 0.292 e. The summed E-state index contributed by atoms with van der Waals surface area (Å²) in [5.74, 6) is 1.23. The highest BCUT2D eigenvalue weighted by Gasteiger charge is 2.24. The van der Waals surface area contributed by atoms with Crippen LogP contribution in [-0.2, 0) is 6.54 Å². The van der Waals surface area contributed by atoms with Gasteiger partial charge in [0.2, 0.25) is 5.89 Å². The summed E-state index contributed by atoms with van der Waals surface area (Å²) in [7, 11) is 0. The number of benzene rings is 1. The second kappa shape index (κ2) is 6.63. The maximum absolute atomic E-state index is 11.2. The quantitative estimate of drug-likeness (QED) is 0.593. The summed E-state index contributed by atoms with van der Waals surface area (Å²) in [5.41, 5.74) is 0.787. The van der Waals surface area contributed by atoms with Crippen LogP contribution >= 0.6 is 15.9 Å². The Balaban J connectivity index is 1.67. The zero-order valence-corrected chi connectivity index (χ0v) is 14.2. The van der Waals surface area contributed by atoms with E-state index in [-0.39, 0.29) is 10.6 Å². The molecule has 23 heavy (non-hydrogen) atoms. The van der Waals surface area contributed by atoms with Gasteiger partial charge in [0, 0.05) is 43.6 Å². The molecule has 1 fully saturated rings. The van der Waals surface area contributed by atoms with Gasteiger partial charge in [0.15, 0.2) is 5.82 Å². The van der Waals surface area contributed by atoms with Gasteiger partial charge in [-0.2, -0.15) is 4.98 Å². The highest BCUT2D eigenvalue weighted by molar-refractivity contribution is 9.10. The van der Waals surface area contributed by atoms with Crippen molar-refractivity contribution in [2.75, 3.05) is 31.1 Å². The van der Waals surface area contributed by atoms with Crippen molar-refractivity contribution in [3.63, 3.8) is 0 Å². The second-order valence-electron chi connectivity index (χ2n) is 5.38. The fourth-order valence-corrected chi connectivity index (χ4v) is 3.01. The molecule has 0 aliphatic carbocycles. The molecule has 1 aromatic carbocycles. The molecule has 1 aliphatic heterocycles. The monoisotopic (exact) mass is 381 g/mol. The summed E-state index contributed by atoms with van der Waals surface area (Å²) in [5, 5.41) is 15.1. The number of aromatic nitrogens is 2. The van der Waals surface area contributed by atoms with Crippen LogP contribution < -0.4 is 4.90 Å². The van der Waals surface area contributed by atoms with Crippen LogP contribution in [-0.4, -0.2) is 46.1 Å². The number of nitro benzene ring substituents is 1. The van der Waals surface area contributed by atoms with Crippen molar-refractivity contribution in [3.05, 3.63) is 44.5 Å². The Bertz CT molecular complexity index is 712. The summed E-state index contributed by atoms with van der Waals surface area (Å²) in [6.45, 7) is 5.41. The number of rotatable bonds is 4. The highest BCUT2D eigenvalue weighted by atomic mass is 79.9. The van der Waals surface area contributed by atoms with Gasteiger partial charge in [0.1, 0.15) is 5.69 Å². The van der Waals surface area contributed by atoms with Crippen LogP contribution in [0.25, 0.3) is 0 Å². The van der Waals surface area contributed by atoms with Gasteiger partial charge in [0.25, 0.3) is 5.69 Å². The van der Waals surface area contributed by atoms with E-state index in [0.717, 1.165) is 17.6 Å². The van der Waals surface area contributed by atoms with Crippen molar-refractivity contribution in [1.29, 1.82) is 0 Å². The van der Waals surface area contributed by atoms with Crippen molar-refractivity contribution in [2.45, 2.75) is 13.5 Å². The zero-order valence-electron chi connectivity index (χ0n) is 12.6. The molecule has 2 heterocycles. The molecule has 9 heteroatoms. The molecule has 0 N–H and O–H groups in total. The molecule has 0 unspecified atom stereocenters. The summed E-state index contributed by atoms with van der Waals surface area (Å²) in [6.07, 6.45) is 0. The van der Waals surface area contributed by atoms with Crippen LogP contribution in [0.2, 0.25) is 0 Å². The third kappa shape index (κ3) is 3.67. The first kappa shape index (κ1) is 15.9. The maximum atomic E-state index is 11.2. The maximum Gasteiger partial charge on any atom is 0.292 e. The molecule has 8 nitrogen and oxygen atoms in total. The molecule has 0 amide bonds. The standard InChI is InChI=1S/C14H16BrN5O3/c1-10-16-14(17-23-10)9-18-4-6-19(7-5-18)13-8-11(15)2-3-12(13)20(21)22/h2-3,8H,4-7,9H2,1H3. The lowest BCUT2D eigenvalue weighted by Gasteiger charge is -2.35. The normalized spacial score (nSPS) is 15.8. The summed E-state index contributed by atoms with van der Waals surface area (Å²) in [4.78, 5) is 19.3. The average molecular weight is 382 g/mol. The second-order valence-corrected chi connectivity index (χ2v) is 6.30. The molecule has 1 aliphatic rings. The van der Waals surface area contributed by atoms with Gasteiger partial charge in [-0.15, -0.1) is 0 Å². The molecule has 1 saturated heterocycles. The number of hydrogen-bond acceptors (Lipinski definition) is 7. The Hall–Kier alpha value is -2.00. The first-order valence-corrected chi connectivity index (χ1v) is 8.02. The average Bonchev–Trinajstić information content (AvgIpc) is 2.93. The molecular weight excluding hydrogens is 366 g/mol. The number of nitrogens with zero attached hydrogens (tertiary/aromatic N) is 5. The lowest BCUT2D eigenvalue weighted by atomic mass is 10.2. The van der Waals surface area contributed by atoms with E-state index in [1.165, 1.54) is 6.07 Å². The van der Waals surface area contributed by atoms with Gasteiger partial charge >= 0.3 is 0 Å². The minimum Gasteiger partial charge on any atom is -0.363 e. The Morgan fingerprint density at radius 2 is 2.09 bits per heavy atom. The van der Waals surface area contributed by atoms with Crippen molar-refractivity contribution in [1.82, 2.24) is 15.0 Å². The summed E-state index contributed by atoms with van der Waals surface area (Å²) >= 11 is 3.38. The van der Waals surface area contributed by atoms with E-state index in [4.69, 9.17) is 4.52 Å². The van der Waals surface area contributed by atoms with E-state index < -0.39 is 0 Å². The van der Waals surface area contributed by atoms with E-state index in [9.17, 15) is 10.1 Å². The van der Waals surface area contributed by atoms with Crippen LogP contribution in [0.3, 0.4) is 0 Å². The minimum atomic E-state index is -0.337. The SMILES string of the molecule is Cc1nc(CN2CCN(c3cc(Br)ccc3[N+](=O)[O-])CC2)no1. The zero-order chi connectivity index (χ0) is 16.4. The van der Waals surface area contributed by atoms with Crippen molar-refractivity contribution in [3.8, 4) is 0 Å². The molecule has 3 rings (SSSR count). The van der Waals surface area contributed by atoms with E-state index in [1.54, 1.807) is 19.1 Å². The van der Waals surface area contributed by atoms with Crippen LogP contribution in [0, 0.1) is 17.0 Å². The van der Waals surface area contributed by atoms with Crippen molar-refractivity contribution in [2.24, 2.45) is 0 Å². The number of anilines is 1. The van der Waals surface area contributed by atoms with Crippen molar-refractivity contribution >= 4 is 27.3 Å². The first-order chi connectivity index (χ1) is 11.0. The van der Waals surface area contributed by atoms with Gasteiger partial charge in [-0.1, -0.05) is 21.1 Å². The fraction of sp³-hybridized carbons (Fsp3) is 0.429. The lowest BCUT2D eigenvalue weighted by Crippen LogP contribution is -2.46. The van der Waals surface area contributed by atoms with Gasteiger partial charge in [-0.25, -0.2) is 0 Å². The molecule has 0 bridgehead atoms. The van der Waals surface area contributed by atoms with Crippen molar-refractivity contribution < 1.29 is 9.45 Å². The number of halogens is 1. The third-order valence-corrected chi connectivity index (χ3v) is 4.28.